The predicted octanol–water partition coefficient (Wildman–Crippen LogP) is 5.90. The Morgan fingerprint density at radius 1 is 0.741 bits per heavy atom. The molecular weight excluding hydrogens is 332 g/mol. The lowest BCUT2D eigenvalue weighted by atomic mass is 9.98. The van der Waals surface area contributed by atoms with E-state index >= 15 is 0 Å². The van der Waals surface area contributed by atoms with Crippen molar-refractivity contribution in [2.24, 2.45) is 0 Å². The highest BCUT2D eigenvalue weighted by atomic mass is 16.5. The molecule has 27 heavy (non-hydrogen) atoms. The van der Waals surface area contributed by atoms with E-state index < -0.39 is 0 Å². The molecule has 0 N–H and O–H groups in total. The maximum atomic E-state index is 11.8. The van der Waals surface area contributed by atoms with E-state index in [0.29, 0.717) is 11.3 Å². The summed E-state index contributed by atoms with van der Waals surface area (Å²) in [6.45, 7) is 0. The van der Waals surface area contributed by atoms with Crippen molar-refractivity contribution in [2.75, 3.05) is 0 Å². The number of allylic oxidation sites excluding steroid dienone is 8. The van der Waals surface area contributed by atoms with Crippen LogP contribution in [0.15, 0.2) is 102 Å². The third-order valence-electron chi connectivity index (χ3n) is 4.88. The molecule has 0 saturated carbocycles. The fourth-order valence-corrected chi connectivity index (χ4v) is 3.48. The SMILES string of the molecule is O=C1C=CC=C/C1=C\C=C1\C=Cc2c(ccc3cc4ccccc4cc23)O1. The van der Waals surface area contributed by atoms with Crippen molar-refractivity contribution in [1.82, 2.24) is 0 Å². The lowest BCUT2D eigenvalue weighted by Gasteiger charge is -2.17. The molecule has 0 amide bonds. The third-order valence-corrected chi connectivity index (χ3v) is 4.88. The Balaban J connectivity index is 1.55. The molecule has 5 rings (SSSR count). The van der Waals surface area contributed by atoms with E-state index in [4.69, 9.17) is 4.74 Å². The Hall–Kier alpha value is -3.65. The quantitative estimate of drug-likeness (QED) is 0.404. The molecule has 0 bridgehead atoms. The van der Waals surface area contributed by atoms with Crippen molar-refractivity contribution in [3.8, 4) is 5.75 Å². The van der Waals surface area contributed by atoms with Gasteiger partial charge in [-0.15, -0.1) is 0 Å². The summed E-state index contributed by atoms with van der Waals surface area (Å²) < 4.78 is 6.05. The summed E-state index contributed by atoms with van der Waals surface area (Å²) in [4.78, 5) is 11.8. The van der Waals surface area contributed by atoms with E-state index in [1.165, 1.54) is 21.5 Å². The topological polar surface area (TPSA) is 26.3 Å². The zero-order valence-corrected chi connectivity index (χ0v) is 14.6. The first-order valence-electron chi connectivity index (χ1n) is 8.90. The third kappa shape index (κ3) is 2.81. The second-order valence-corrected chi connectivity index (χ2v) is 6.61. The second kappa shape index (κ2) is 6.26. The number of ether oxygens (including phenoxy) is 1. The van der Waals surface area contributed by atoms with Crippen molar-refractivity contribution < 1.29 is 9.53 Å². The highest BCUT2D eigenvalue weighted by Gasteiger charge is 2.13. The van der Waals surface area contributed by atoms with Crippen molar-refractivity contribution in [1.29, 1.82) is 0 Å². The molecule has 0 unspecified atom stereocenters. The van der Waals surface area contributed by atoms with Crippen molar-refractivity contribution >= 4 is 33.4 Å². The van der Waals surface area contributed by atoms with Crippen molar-refractivity contribution in [2.45, 2.75) is 0 Å². The van der Waals surface area contributed by atoms with Crippen LogP contribution in [0.3, 0.4) is 0 Å². The zero-order valence-electron chi connectivity index (χ0n) is 14.6. The standard InChI is InChI=1S/C25H16O2/c26-24-8-4-3-5-17(24)9-11-21-12-13-22-23-16-19-7-2-1-6-18(19)15-20(23)10-14-25(22)27-21/h1-16H/b17-9+,21-11-. The predicted molar refractivity (Wildman–Crippen MR) is 111 cm³/mol. The number of carbonyl (C=O) groups excluding carboxylic acids is 1. The summed E-state index contributed by atoms with van der Waals surface area (Å²) >= 11 is 0. The largest absolute Gasteiger partial charge is 0.457 e. The molecule has 1 heterocycles. The van der Waals surface area contributed by atoms with Gasteiger partial charge in [0.1, 0.15) is 11.5 Å². The van der Waals surface area contributed by atoms with E-state index in [1.807, 2.05) is 24.3 Å². The Morgan fingerprint density at radius 3 is 2.41 bits per heavy atom. The smallest absolute Gasteiger partial charge is 0.185 e. The number of rotatable bonds is 1. The molecular formula is C25H16O2. The van der Waals surface area contributed by atoms with Crippen LogP contribution in [0.4, 0.5) is 0 Å². The summed E-state index contributed by atoms with van der Waals surface area (Å²) in [6, 6.07) is 16.9. The van der Waals surface area contributed by atoms with Gasteiger partial charge in [-0.3, -0.25) is 4.79 Å². The molecule has 2 heteroatoms. The van der Waals surface area contributed by atoms with Crippen LogP contribution in [0.2, 0.25) is 0 Å². The molecule has 2 nitrogen and oxygen atoms in total. The molecule has 0 atom stereocenters. The van der Waals surface area contributed by atoms with Gasteiger partial charge < -0.3 is 4.74 Å². The highest BCUT2D eigenvalue weighted by Crippen LogP contribution is 2.35. The van der Waals surface area contributed by atoms with Gasteiger partial charge in [0.2, 0.25) is 0 Å². The van der Waals surface area contributed by atoms with Gasteiger partial charge in [-0.1, -0.05) is 48.6 Å². The van der Waals surface area contributed by atoms with Gasteiger partial charge in [0.15, 0.2) is 5.78 Å². The molecule has 2 aliphatic rings. The molecule has 0 fully saturated rings. The molecule has 128 valence electrons. The van der Waals surface area contributed by atoms with Crippen LogP contribution < -0.4 is 4.74 Å². The van der Waals surface area contributed by atoms with Crippen LogP contribution in [-0.2, 0) is 4.79 Å². The van der Waals surface area contributed by atoms with Gasteiger partial charge in [-0.05, 0) is 70.1 Å². The second-order valence-electron chi connectivity index (χ2n) is 6.61. The van der Waals surface area contributed by atoms with Crippen LogP contribution >= 0.6 is 0 Å². The van der Waals surface area contributed by atoms with Gasteiger partial charge in [0.05, 0.1) is 0 Å². The normalized spacial score (nSPS) is 18.4. The molecule has 3 aromatic rings. The minimum Gasteiger partial charge on any atom is -0.457 e. The summed E-state index contributed by atoms with van der Waals surface area (Å²) in [6.07, 6.45) is 14.6. The van der Waals surface area contributed by atoms with Crippen LogP contribution in [0.5, 0.6) is 5.75 Å². The molecule has 0 saturated heterocycles. The average molecular weight is 348 g/mol. The van der Waals surface area contributed by atoms with Gasteiger partial charge >= 0.3 is 0 Å². The number of hydrogen-bond acceptors (Lipinski definition) is 2. The number of hydrogen-bond donors (Lipinski definition) is 0. The summed E-state index contributed by atoms with van der Waals surface area (Å²) in [5.41, 5.74) is 1.73. The number of fused-ring (bicyclic) bond motifs is 4. The zero-order chi connectivity index (χ0) is 18.2. The van der Waals surface area contributed by atoms with Crippen LogP contribution in [0, 0.1) is 0 Å². The fourth-order valence-electron chi connectivity index (χ4n) is 3.48. The highest BCUT2D eigenvalue weighted by molar-refractivity contribution is 6.07. The van der Waals surface area contributed by atoms with Crippen LogP contribution in [0.25, 0.3) is 27.6 Å². The van der Waals surface area contributed by atoms with E-state index in [9.17, 15) is 4.79 Å². The van der Waals surface area contributed by atoms with E-state index in [0.717, 1.165) is 11.3 Å². The maximum absolute atomic E-state index is 11.8. The van der Waals surface area contributed by atoms with Gasteiger partial charge in [0, 0.05) is 11.1 Å². The van der Waals surface area contributed by atoms with Crippen LogP contribution in [-0.4, -0.2) is 5.78 Å². The van der Waals surface area contributed by atoms with Gasteiger partial charge in [-0.25, -0.2) is 0 Å². The first-order valence-corrected chi connectivity index (χ1v) is 8.90. The summed E-state index contributed by atoms with van der Waals surface area (Å²) in [7, 11) is 0. The minimum atomic E-state index is 0.00686. The first-order chi connectivity index (χ1) is 13.3. The van der Waals surface area contributed by atoms with Gasteiger partial charge in [0.25, 0.3) is 0 Å². The van der Waals surface area contributed by atoms with E-state index in [-0.39, 0.29) is 5.78 Å². The fraction of sp³-hybridized carbons (Fsp3) is 0. The molecule has 0 radical (unpaired) electrons. The lowest BCUT2D eigenvalue weighted by Crippen LogP contribution is -2.01. The van der Waals surface area contributed by atoms with Gasteiger partial charge in [-0.2, -0.15) is 0 Å². The van der Waals surface area contributed by atoms with E-state index in [2.05, 4.69) is 48.5 Å². The van der Waals surface area contributed by atoms with Crippen LogP contribution in [0.1, 0.15) is 5.56 Å². The summed E-state index contributed by atoms with van der Waals surface area (Å²) in [5, 5.41) is 4.82. The van der Waals surface area contributed by atoms with Crippen molar-refractivity contribution in [3.05, 3.63) is 108 Å². The number of benzene rings is 3. The molecule has 0 aromatic heterocycles. The van der Waals surface area contributed by atoms with Crippen molar-refractivity contribution in [3.63, 3.8) is 0 Å². The lowest BCUT2D eigenvalue weighted by molar-refractivity contribution is -0.111. The maximum Gasteiger partial charge on any atom is 0.185 e. The minimum absolute atomic E-state index is 0.00686. The monoisotopic (exact) mass is 348 g/mol. The Labute approximate surface area is 157 Å². The molecule has 3 aromatic carbocycles. The molecule has 0 spiro atoms. The Bertz CT molecular complexity index is 1250. The molecule has 1 aliphatic carbocycles. The molecule has 1 aliphatic heterocycles. The summed E-state index contributed by atoms with van der Waals surface area (Å²) in [5.74, 6) is 1.55. The Kier molecular flexibility index (Phi) is 3.61. The average Bonchev–Trinajstić information content (AvgIpc) is 2.71. The van der Waals surface area contributed by atoms with E-state index in [1.54, 1.807) is 24.3 Å². The Morgan fingerprint density at radius 2 is 1.56 bits per heavy atom. The first kappa shape index (κ1) is 15.6. The number of ketones is 1. The number of carbonyl (C=O) groups is 1.